The van der Waals surface area contributed by atoms with Gasteiger partial charge in [-0.2, -0.15) is 0 Å². The molecular weight excluding hydrogens is 206 g/mol. The van der Waals surface area contributed by atoms with Crippen LogP contribution < -0.4 is 5.32 Å². The maximum absolute atomic E-state index is 3.65. The van der Waals surface area contributed by atoms with Crippen molar-refractivity contribution < 1.29 is 0 Å². The van der Waals surface area contributed by atoms with Crippen LogP contribution in [0.4, 0.5) is 0 Å². The van der Waals surface area contributed by atoms with Gasteiger partial charge in [0.25, 0.3) is 0 Å². The minimum absolute atomic E-state index is 0.264. The average molecular weight is 219 g/mol. The van der Waals surface area contributed by atoms with Crippen molar-refractivity contribution in [1.29, 1.82) is 0 Å². The van der Waals surface area contributed by atoms with Gasteiger partial charge in [-0.1, -0.05) is 48.5 Å². The molecule has 0 saturated carbocycles. The van der Waals surface area contributed by atoms with Crippen molar-refractivity contribution in [2.45, 2.75) is 18.5 Å². The summed E-state index contributed by atoms with van der Waals surface area (Å²) in [6.07, 6.45) is 4.66. The topological polar surface area (TPSA) is 12.0 Å². The first-order valence-electron chi connectivity index (χ1n) is 6.11. The van der Waals surface area contributed by atoms with Gasteiger partial charge in [-0.3, -0.25) is 0 Å². The van der Waals surface area contributed by atoms with Crippen LogP contribution in [-0.2, 0) is 6.42 Å². The van der Waals surface area contributed by atoms with Crippen molar-refractivity contribution in [3.05, 3.63) is 77.2 Å². The molecular formula is C16H13N. The second kappa shape index (κ2) is 3.44. The van der Waals surface area contributed by atoms with E-state index in [0.29, 0.717) is 6.04 Å². The molecule has 2 unspecified atom stereocenters. The molecule has 2 bridgehead atoms. The Morgan fingerprint density at radius 1 is 0.941 bits per heavy atom. The monoisotopic (exact) mass is 219 g/mol. The zero-order valence-corrected chi connectivity index (χ0v) is 9.48. The lowest BCUT2D eigenvalue weighted by Gasteiger charge is -2.38. The molecule has 2 aliphatic rings. The molecule has 1 N–H and O–H groups in total. The van der Waals surface area contributed by atoms with Crippen LogP contribution in [0.2, 0.25) is 0 Å². The van der Waals surface area contributed by atoms with Crippen LogP contribution in [0.1, 0.15) is 34.3 Å². The summed E-state index contributed by atoms with van der Waals surface area (Å²) in [5.41, 5.74) is 5.51. The normalized spacial score (nSPS) is 24.9. The van der Waals surface area contributed by atoms with E-state index in [2.05, 4.69) is 60.3 Å². The van der Waals surface area contributed by atoms with Gasteiger partial charge >= 0.3 is 0 Å². The van der Waals surface area contributed by atoms with E-state index < -0.39 is 0 Å². The summed E-state index contributed by atoms with van der Waals surface area (Å²) in [6.45, 7) is 0. The van der Waals surface area contributed by atoms with E-state index in [1.165, 1.54) is 22.3 Å². The molecule has 4 rings (SSSR count). The van der Waals surface area contributed by atoms with Crippen LogP contribution in [0.15, 0.2) is 48.5 Å². The second-order valence-corrected chi connectivity index (χ2v) is 4.79. The van der Waals surface area contributed by atoms with Crippen molar-refractivity contribution >= 4 is 0 Å². The first-order valence-corrected chi connectivity index (χ1v) is 6.11. The highest BCUT2D eigenvalue weighted by atomic mass is 15.0. The van der Waals surface area contributed by atoms with Crippen LogP contribution in [0.3, 0.4) is 0 Å². The molecule has 1 heteroatoms. The first-order chi connectivity index (χ1) is 8.42. The number of fused-ring (bicyclic) bond motifs is 6. The fraction of sp³-hybridized carbons (Fsp3) is 0.188. The third-order valence-corrected chi connectivity index (χ3v) is 3.79. The quantitative estimate of drug-likeness (QED) is 0.718. The predicted molar refractivity (Wildman–Crippen MR) is 67.6 cm³/mol. The lowest BCUT2D eigenvalue weighted by atomic mass is 9.78. The molecule has 17 heavy (non-hydrogen) atoms. The molecule has 2 aromatic carbocycles. The molecule has 2 radical (unpaired) electrons. The van der Waals surface area contributed by atoms with Crippen molar-refractivity contribution in [2.24, 2.45) is 0 Å². The van der Waals surface area contributed by atoms with Crippen LogP contribution in [0, 0.1) is 6.42 Å². The molecule has 2 atom stereocenters. The van der Waals surface area contributed by atoms with Crippen molar-refractivity contribution in [1.82, 2.24) is 5.32 Å². The Bertz CT molecular complexity index is 522. The first kappa shape index (κ1) is 9.43. The maximum atomic E-state index is 3.65. The molecule has 2 aromatic rings. The van der Waals surface area contributed by atoms with Gasteiger partial charge in [-0.15, -0.1) is 0 Å². The van der Waals surface area contributed by atoms with E-state index in [1.54, 1.807) is 0 Å². The highest BCUT2D eigenvalue weighted by Gasteiger charge is 2.32. The largest absolute Gasteiger partial charge is 0.302 e. The number of benzene rings is 2. The smallest absolute Gasteiger partial charge is 0.0445 e. The summed E-state index contributed by atoms with van der Waals surface area (Å²) >= 11 is 0. The van der Waals surface area contributed by atoms with E-state index >= 15 is 0 Å². The number of hydrogen-bond donors (Lipinski definition) is 1. The summed E-state index contributed by atoms with van der Waals surface area (Å²) in [6, 6.07) is 18.0. The molecule has 0 amide bonds. The SMILES string of the molecule is [C]1c2ccccc2C2Cc3ccccc3C1N2. The summed E-state index contributed by atoms with van der Waals surface area (Å²) < 4.78 is 0. The molecule has 2 aliphatic heterocycles. The maximum Gasteiger partial charge on any atom is 0.0445 e. The molecule has 0 aliphatic carbocycles. The number of rotatable bonds is 0. The van der Waals surface area contributed by atoms with Crippen LogP contribution in [0.5, 0.6) is 0 Å². The molecule has 82 valence electrons. The van der Waals surface area contributed by atoms with Gasteiger partial charge in [-0.25, -0.2) is 0 Å². The van der Waals surface area contributed by atoms with Gasteiger partial charge in [0.2, 0.25) is 0 Å². The van der Waals surface area contributed by atoms with Crippen LogP contribution in [-0.4, -0.2) is 0 Å². The Morgan fingerprint density at radius 3 is 2.65 bits per heavy atom. The summed E-state index contributed by atoms with van der Waals surface area (Å²) in [5.74, 6) is 0. The Hall–Kier alpha value is -1.60. The Kier molecular flexibility index (Phi) is 1.91. The van der Waals surface area contributed by atoms with Gasteiger partial charge in [-0.05, 0) is 28.7 Å². The zero-order chi connectivity index (χ0) is 11.2. The second-order valence-electron chi connectivity index (χ2n) is 4.79. The molecule has 0 spiro atoms. The van der Waals surface area contributed by atoms with Crippen molar-refractivity contribution in [3.63, 3.8) is 0 Å². The van der Waals surface area contributed by atoms with E-state index in [-0.39, 0.29) is 6.04 Å². The summed E-state index contributed by atoms with van der Waals surface area (Å²) in [7, 11) is 0. The van der Waals surface area contributed by atoms with Crippen molar-refractivity contribution in [3.8, 4) is 0 Å². The van der Waals surface area contributed by atoms with Crippen molar-refractivity contribution in [2.75, 3.05) is 0 Å². The molecule has 0 aromatic heterocycles. The highest BCUT2D eigenvalue weighted by Crippen LogP contribution is 2.40. The highest BCUT2D eigenvalue weighted by molar-refractivity contribution is 5.47. The minimum atomic E-state index is 0.264. The third-order valence-electron chi connectivity index (χ3n) is 3.79. The third kappa shape index (κ3) is 1.36. The van der Waals surface area contributed by atoms with Gasteiger partial charge in [0, 0.05) is 18.5 Å². The van der Waals surface area contributed by atoms with Crippen LogP contribution in [0.25, 0.3) is 0 Å². The molecule has 0 saturated heterocycles. The molecule has 2 heterocycles. The van der Waals surface area contributed by atoms with Gasteiger partial charge in [0.05, 0.1) is 0 Å². The summed E-state index contributed by atoms with van der Waals surface area (Å²) in [4.78, 5) is 0. The fourth-order valence-corrected chi connectivity index (χ4v) is 2.98. The fourth-order valence-electron chi connectivity index (χ4n) is 2.98. The number of nitrogens with one attached hydrogen (secondary N) is 1. The Balaban J connectivity index is 1.86. The summed E-state index contributed by atoms with van der Waals surface area (Å²) in [5, 5.41) is 3.65. The molecule has 0 fully saturated rings. The Labute approximate surface area is 101 Å². The van der Waals surface area contributed by atoms with E-state index in [9.17, 15) is 0 Å². The van der Waals surface area contributed by atoms with Crippen LogP contribution >= 0.6 is 0 Å². The predicted octanol–water partition coefficient (Wildman–Crippen LogP) is 3.06. The van der Waals surface area contributed by atoms with E-state index in [1.807, 2.05) is 0 Å². The number of hydrogen-bond acceptors (Lipinski definition) is 1. The molecule has 1 nitrogen and oxygen atoms in total. The van der Waals surface area contributed by atoms with Gasteiger partial charge in [0.1, 0.15) is 0 Å². The Morgan fingerprint density at radius 2 is 1.71 bits per heavy atom. The zero-order valence-electron chi connectivity index (χ0n) is 9.48. The van der Waals surface area contributed by atoms with E-state index in [0.717, 1.165) is 6.42 Å². The average Bonchev–Trinajstić information content (AvgIpc) is 2.39. The van der Waals surface area contributed by atoms with Gasteiger partial charge in [0.15, 0.2) is 0 Å². The lowest BCUT2D eigenvalue weighted by Crippen LogP contribution is -2.37. The minimum Gasteiger partial charge on any atom is -0.302 e. The standard InChI is InChI=1S/C16H13N/c1-3-7-13-11(5-1)9-15-14-8-4-2-6-12(14)10-16(13)17-15/h1-8,15-17H,9H2. The van der Waals surface area contributed by atoms with Gasteiger partial charge < -0.3 is 5.32 Å². The lowest BCUT2D eigenvalue weighted by molar-refractivity contribution is 0.426. The van der Waals surface area contributed by atoms with E-state index in [4.69, 9.17) is 0 Å².